The van der Waals surface area contributed by atoms with Gasteiger partial charge < -0.3 is 0 Å². The lowest BCUT2D eigenvalue weighted by Gasteiger charge is -2.07. The van der Waals surface area contributed by atoms with Crippen LogP contribution >= 0.6 is 0 Å². The van der Waals surface area contributed by atoms with Gasteiger partial charge in [-0.25, -0.2) is 22.6 Å². The first kappa shape index (κ1) is 14.8. The highest BCUT2D eigenvalue weighted by atomic mass is 32.2. The van der Waals surface area contributed by atoms with Crippen LogP contribution in [0.15, 0.2) is 41.6 Å². The van der Waals surface area contributed by atoms with Crippen molar-refractivity contribution in [2.45, 2.75) is 11.8 Å². The Morgan fingerprint density at radius 3 is 2.78 bits per heavy atom. The van der Waals surface area contributed by atoms with E-state index in [1.54, 1.807) is 12.3 Å². The number of hydrogen-bond donors (Lipinski definition) is 1. The summed E-state index contributed by atoms with van der Waals surface area (Å²) in [7, 11) is -3.97. The fraction of sp³-hybridized carbons (Fsp3) is 0.0833. The molecule has 23 heavy (non-hydrogen) atoms. The van der Waals surface area contributed by atoms with Crippen LogP contribution in [0, 0.1) is 17.0 Å². The first-order valence-electron chi connectivity index (χ1n) is 6.32. The zero-order chi connectivity index (χ0) is 16.6. The molecule has 0 aliphatic heterocycles. The van der Waals surface area contributed by atoms with E-state index in [1.807, 2.05) is 0 Å². The van der Waals surface area contributed by atoms with Gasteiger partial charge in [-0.05, 0) is 24.6 Å². The second kappa shape index (κ2) is 5.28. The van der Waals surface area contributed by atoms with Gasteiger partial charge in [0.15, 0.2) is 0 Å². The van der Waals surface area contributed by atoms with Crippen LogP contribution in [-0.2, 0) is 10.0 Å². The molecule has 0 radical (unpaired) electrons. The normalized spacial score (nSPS) is 11.5. The molecule has 0 unspecified atom stereocenters. The Bertz CT molecular complexity index is 980. The standard InChI is InChI=1S/C12H10N6O4S/c1-8-7-9(18(19)20)3-4-10(8)23(21,22)16-11-14-12-13-5-2-6-17(12)15-11/h2-7H,1H3,(H,15,16). The Kier molecular flexibility index (Phi) is 3.41. The number of sulfonamides is 1. The summed E-state index contributed by atoms with van der Waals surface area (Å²) in [6.45, 7) is 1.47. The van der Waals surface area contributed by atoms with Crippen molar-refractivity contribution in [3.05, 3.63) is 52.3 Å². The average molecular weight is 334 g/mol. The number of nitro benzene ring substituents is 1. The molecule has 0 atom stereocenters. The molecule has 2 aromatic heterocycles. The number of hydrogen-bond acceptors (Lipinski definition) is 7. The zero-order valence-corrected chi connectivity index (χ0v) is 12.6. The largest absolute Gasteiger partial charge is 0.269 e. The first-order chi connectivity index (χ1) is 10.9. The summed E-state index contributed by atoms with van der Waals surface area (Å²) in [6.07, 6.45) is 3.08. The van der Waals surface area contributed by atoms with Crippen LogP contribution in [0.1, 0.15) is 5.56 Å². The van der Waals surface area contributed by atoms with E-state index in [4.69, 9.17) is 0 Å². The molecule has 1 aromatic carbocycles. The number of nitro groups is 1. The van der Waals surface area contributed by atoms with Crippen LogP contribution in [0.5, 0.6) is 0 Å². The molecule has 1 N–H and O–H groups in total. The lowest BCUT2D eigenvalue weighted by atomic mass is 10.2. The van der Waals surface area contributed by atoms with Gasteiger partial charge in [0.1, 0.15) is 0 Å². The van der Waals surface area contributed by atoms with Crippen molar-refractivity contribution in [2.75, 3.05) is 4.72 Å². The number of anilines is 1. The molecule has 0 saturated heterocycles. The number of aryl methyl sites for hydroxylation is 1. The molecule has 0 bridgehead atoms. The van der Waals surface area contributed by atoms with E-state index in [-0.39, 0.29) is 27.9 Å². The van der Waals surface area contributed by atoms with E-state index >= 15 is 0 Å². The summed E-state index contributed by atoms with van der Waals surface area (Å²) in [5, 5.41) is 14.7. The van der Waals surface area contributed by atoms with E-state index in [1.165, 1.54) is 29.8 Å². The lowest BCUT2D eigenvalue weighted by molar-refractivity contribution is -0.385. The van der Waals surface area contributed by atoms with Gasteiger partial charge in [-0.1, -0.05) is 0 Å². The maximum Gasteiger partial charge on any atom is 0.269 e. The number of fused-ring (bicyclic) bond motifs is 1. The van der Waals surface area contributed by atoms with Crippen molar-refractivity contribution >= 4 is 27.4 Å². The van der Waals surface area contributed by atoms with Crippen LogP contribution in [0.2, 0.25) is 0 Å². The Morgan fingerprint density at radius 1 is 1.35 bits per heavy atom. The topological polar surface area (TPSA) is 132 Å². The van der Waals surface area contributed by atoms with E-state index in [2.05, 4.69) is 19.8 Å². The quantitative estimate of drug-likeness (QED) is 0.558. The van der Waals surface area contributed by atoms with Crippen molar-refractivity contribution in [3.63, 3.8) is 0 Å². The molecule has 3 aromatic rings. The summed E-state index contributed by atoms with van der Waals surface area (Å²) in [5.74, 6) is 0.104. The Hall–Kier alpha value is -3.08. The summed E-state index contributed by atoms with van der Waals surface area (Å²) in [4.78, 5) is 17.9. The van der Waals surface area contributed by atoms with Gasteiger partial charge in [-0.15, -0.1) is 5.10 Å². The van der Waals surface area contributed by atoms with Crippen molar-refractivity contribution in [1.82, 2.24) is 19.6 Å². The Labute approximate surface area is 130 Å². The minimum Gasteiger partial charge on any atom is -0.258 e. The van der Waals surface area contributed by atoms with E-state index in [0.717, 1.165) is 6.07 Å². The van der Waals surface area contributed by atoms with Crippen LogP contribution in [0.3, 0.4) is 0 Å². The minimum atomic E-state index is -3.97. The maximum atomic E-state index is 12.4. The first-order valence-corrected chi connectivity index (χ1v) is 7.80. The monoisotopic (exact) mass is 334 g/mol. The van der Waals surface area contributed by atoms with Gasteiger partial charge in [0.05, 0.1) is 9.82 Å². The highest BCUT2D eigenvalue weighted by molar-refractivity contribution is 7.92. The van der Waals surface area contributed by atoms with E-state index in [0.29, 0.717) is 0 Å². The number of rotatable bonds is 4. The van der Waals surface area contributed by atoms with E-state index in [9.17, 15) is 18.5 Å². The minimum absolute atomic E-state index is 0.0880. The third-order valence-corrected chi connectivity index (χ3v) is 4.49. The molecule has 0 aliphatic carbocycles. The van der Waals surface area contributed by atoms with Crippen molar-refractivity contribution in [2.24, 2.45) is 0 Å². The molecule has 3 rings (SSSR count). The van der Waals surface area contributed by atoms with Crippen LogP contribution in [0.4, 0.5) is 11.6 Å². The van der Waals surface area contributed by atoms with Gasteiger partial charge in [-0.3, -0.25) is 10.1 Å². The fourth-order valence-electron chi connectivity index (χ4n) is 2.00. The maximum absolute atomic E-state index is 12.4. The SMILES string of the molecule is Cc1cc([N+](=O)[O-])ccc1S(=O)(=O)Nc1nc2ncccn2n1. The second-order valence-corrected chi connectivity index (χ2v) is 6.26. The van der Waals surface area contributed by atoms with Crippen molar-refractivity contribution < 1.29 is 13.3 Å². The predicted molar refractivity (Wildman–Crippen MR) is 79.4 cm³/mol. The summed E-state index contributed by atoms with van der Waals surface area (Å²) in [6, 6.07) is 5.11. The molecule has 2 heterocycles. The molecule has 10 nitrogen and oxygen atoms in total. The molecular formula is C12H10N6O4S. The average Bonchev–Trinajstić information content (AvgIpc) is 2.87. The predicted octanol–water partition coefficient (Wildman–Crippen LogP) is 1.14. The molecule has 0 aliphatic rings. The summed E-state index contributed by atoms with van der Waals surface area (Å²) >= 11 is 0. The van der Waals surface area contributed by atoms with Crippen LogP contribution < -0.4 is 4.72 Å². The molecule has 0 spiro atoms. The fourth-order valence-corrected chi connectivity index (χ4v) is 3.17. The number of aromatic nitrogens is 4. The summed E-state index contributed by atoms with van der Waals surface area (Å²) < 4.78 is 28.3. The Morgan fingerprint density at radius 2 is 2.13 bits per heavy atom. The van der Waals surface area contributed by atoms with Crippen LogP contribution in [0.25, 0.3) is 5.78 Å². The lowest BCUT2D eigenvalue weighted by Crippen LogP contribution is -2.15. The molecule has 0 amide bonds. The number of non-ortho nitro benzene ring substituents is 1. The second-order valence-electron chi connectivity index (χ2n) is 4.61. The molecule has 118 valence electrons. The smallest absolute Gasteiger partial charge is 0.258 e. The van der Waals surface area contributed by atoms with Crippen molar-refractivity contribution in [1.29, 1.82) is 0 Å². The van der Waals surface area contributed by atoms with Gasteiger partial charge >= 0.3 is 0 Å². The Balaban J connectivity index is 1.96. The van der Waals surface area contributed by atoms with Crippen molar-refractivity contribution in [3.8, 4) is 0 Å². The molecule has 0 saturated carbocycles. The number of nitrogens with zero attached hydrogens (tertiary/aromatic N) is 5. The number of nitrogens with one attached hydrogen (secondary N) is 1. The highest BCUT2D eigenvalue weighted by Gasteiger charge is 2.21. The summed E-state index contributed by atoms with van der Waals surface area (Å²) in [5.41, 5.74) is 0.0603. The zero-order valence-electron chi connectivity index (χ0n) is 11.7. The van der Waals surface area contributed by atoms with Crippen LogP contribution in [-0.4, -0.2) is 32.9 Å². The van der Waals surface area contributed by atoms with Gasteiger partial charge in [-0.2, -0.15) is 4.98 Å². The number of benzene rings is 1. The molecular weight excluding hydrogens is 324 g/mol. The third-order valence-electron chi connectivity index (χ3n) is 3.00. The molecule has 11 heteroatoms. The van der Waals surface area contributed by atoms with Gasteiger partial charge in [0.25, 0.3) is 27.4 Å². The van der Waals surface area contributed by atoms with Gasteiger partial charge in [0.2, 0.25) is 0 Å². The third kappa shape index (κ3) is 2.81. The molecule has 0 fully saturated rings. The van der Waals surface area contributed by atoms with E-state index < -0.39 is 14.9 Å². The van der Waals surface area contributed by atoms with Gasteiger partial charge in [0, 0.05) is 24.5 Å². The highest BCUT2D eigenvalue weighted by Crippen LogP contribution is 2.22.